The summed E-state index contributed by atoms with van der Waals surface area (Å²) in [6.45, 7) is 34.7. The van der Waals surface area contributed by atoms with Crippen molar-refractivity contribution in [3.05, 3.63) is 182 Å². The minimum Gasteiger partial charge on any atom is -0.429 e. The second kappa shape index (κ2) is 15.1. The van der Waals surface area contributed by atoms with E-state index in [0.717, 1.165) is 30.4 Å². The molecule has 0 heterocycles. The lowest BCUT2D eigenvalue weighted by Gasteiger charge is -2.19. The van der Waals surface area contributed by atoms with E-state index in [-0.39, 0.29) is 33.4 Å². The van der Waals surface area contributed by atoms with Crippen molar-refractivity contribution in [2.24, 2.45) is 0 Å². The highest BCUT2D eigenvalue weighted by Crippen LogP contribution is 2.33. The van der Waals surface area contributed by atoms with Crippen LogP contribution in [0.5, 0.6) is 0 Å². The third-order valence-electron chi connectivity index (χ3n) is 4.67. The third-order valence-corrected chi connectivity index (χ3v) is 4.67. The second-order valence-electron chi connectivity index (χ2n) is 8.18. The molecule has 0 rings (SSSR count). The second-order valence-corrected chi connectivity index (χ2v) is 8.18. The van der Waals surface area contributed by atoms with Gasteiger partial charge in [-0.1, -0.05) is 77.4 Å². The van der Waals surface area contributed by atoms with Crippen LogP contribution >= 0.6 is 0 Å². The summed E-state index contributed by atoms with van der Waals surface area (Å²) in [7, 11) is 0. The fraction of sp³-hybridized carbons (Fsp3) is 0.0625. The van der Waals surface area contributed by atoms with Gasteiger partial charge in [0.25, 0.3) is 0 Å². The summed E-state index contributed by atoms with van der Waals surface area (Å²) in [5.74, 6) is -6.76. The Morgan fingerprint density at radius 1 is 0.550 bits per heavy atom. The Labute approximate surface area is 230 Å². The van der Waals surface area contributed by atoms with Gasteiger partial charge in [-0.2, -0.15) is 8.78 Å². The summed E-state index contributed by atoms with van der Waals surface area (Å²) in [5.41, 5.74) is -2.43. The molecular weight excluding hydrogens is 533 g/mol. The zero-order valence-corrected chi connectivity index (χ0v) is 22.1. The molecule has 0 aliphatic carbocycles. The van der Waals surface area contributed by atoms with Crippen LogP contribution in [0.25, 0.3) is 0 Å². The van der Waals surface area contributed by atoms with Crippen LogP contribution in [0.15, 0.2) is 182 Å². The Morgan fingerprint density at radius 2 is 0.975 bits per heavy atom. The summed E-state index contributed by atoms with van der Waals surface area (Å²) in [4.78, 5) is 0. The van der Waals surface area contributed by atoms with E-state index in [2.05, 4.69) is 70.5 Å². The van der Waals surface area contributed by atoms with E-state index in [1.54, 1.807) is 0 Å². The topological polar surface area (TPSA) is 9.23 Å². The number of rotatable bonds is 16. The van der Waals surface area contributed by atoms with E-state index in [9.17, 15) is 30.7 Å². The molecule has 0 radical (unpaired) electrons. The maximum Gasteiger partial charge on any atom is 0.428 e. The largest absolute Gasteiger partial charge is 0.429 e. The molecule has 0 aromatic heterocycles. The lowest BCUT2D eigenvalue weighted by molar-refractivity contribution is -0.177. The lowest BCUT2D eigenvalue weighted by Crippen LogP contribution is -2.23. The van der Waals surface area contributed by atoms with Crippen molar-refractivity contribution >= 4 is 0 Å². The first-order chi connectivity index (χ1) is 18.2. The van der Waals surface area contributed by atoms with Gasteiger partial charge in [0.2, 0.25) is 0 Å². The zero-order valence-electron chi connectivity index (χ0n) is 22.1. The van der Waals surface area contributed by atoms with E-state index in [1.807, 2.05) is 0 Å². The van der Waals surface area contributed by atoms with Gasteiger partial charge in [-0.15, -0.1) is 0 Å². The van der Waals surface area contributed by atoms with Gasteiger partial charge in [-0.3, -0.25) is 0 Å². The van der Waals surface area contributed by atoms with Crippen LogP contribution in [0.3, 0.4) is 0 Å². The van der Waals surface area contributed by atoms with Crippen molar-refractivity contribution in [3.8, 4) is 0 Å². The molecule has 0 saturated heterocycles. The summed E-state index contributed by atoms with van der Waals surface area (Å²) >= 11 is 0. The van der Waals surface area contributed by atoms with Gasteiger partial charge in [0.15, 0.2) is 11.7 Å². The Kier molecular flexibility index (Phi) is 13.4. The Morgan fingerprint density at radius 3 is 1.40 bits per heavy atom. The quantitative estimate of drug-likeness (QED) is 0.103. The number of hydrogen-bond acceptors (Lipinski definition) is 1. The van der Waals surface area contributed by atoms with Crippen molar-refractivity contribution in [2.45, 2.75) is 13.0 Å². The molecule has 0 fully saturated rings. The van der Waals surface area contributed by atoms with Crippen LogP contribution in [0, 0.1) is 0 Å². The summed E-state index contributed by atoms with van der Waals surface area (Å²) in [6, 6.07) is 0. The van der Waals surface area contributed by atoms with E-state index in [1.165, 1.54) is 6.92 Å². The first-order valence-electron chi connectivity index (χ1n) is 11.0. The van der Waals surface area contributed by atoms with E-state index in [0.29, 0.717) is 6.08 Å². The van der Waals surface area contributed by atoms with Crippen LogP contribution in [-0.2, 0) is 4.74 Å². The minimum absolute atomic E-state index is 0.0310. The molecule has 0 bridgehead atoms. The van der Waals surface area contributed by atoms with Crippen LogP contribution in [0.1, 0.15) is 6.92 Å². The van der Waals surface area contributed by atoms with Gasteiger partial charge in [-0.05, 0) is 59.6 Å². The van der Waals surface area contributed by atoms with Gasteiger partial charge in [-0.25, -0.2) is 22.0 Å². The molecule has 0 saturated carbocycles. The summed E-state index contributed by atoms with van der Waals surface area (Å²) in [5, 5.41) is 0. The van der Waals surface area contributed by atoms with Crippen LogP contribution in [0.4, 0.5) is 30.7 Å². The maximum atomic E-state index is 14.7. The number of halogens is 7. The molecule has 8 heteroatoms. The SMILES string of the molecule is C=C(C)/C=C(/F)C(=C)C(F)(F)OC(=C)/C=C\C(=C)C(=C)/C=C(/F)C(=C)C(=C)/C=C(/F)C(=C)C(=C)/C=C(/F)C(=C)F. The molecule has 0 amide bonds. The highest BCUT2D eigenvalue weighted by atomic mass is 19.3. The zero-order chi connectivity index (χ0) is 31.5. The predicted molar refractivity (Wildman–Crippen MR) is 150 cm³/mol. The fourth-order valence-electron chi connectivity index (χ4n) is 2.29. The highest BCUT2D eigenvalue weighted by molar-refractivity contribution is 5.55. The third kappa shape index (κ3) is 11.4. The van der Waals surface area contributed by atoms with Gasteiger partial charge in [0.05, 0.1) is 5.57 Å². The maximum absolute atomic E-state index is 14.7. The van der Waals surface area contributed by atoms with E-state index < -0.39 is 52.1 Å². The molecule has 212 valence electrons. The van der Waals surface area contributed by atoms with Gasteiger partial charge in [0.1, 0.15) is 23.2 Å². The molecular formula is C32H29F7O. The molecule has 0 spiro atoms. The molecule has 0 aliphatic heterocycles. The molecule has 40 heavy (non-hydrogen) atoms. The first kappa shape index (κ1) is 35.4. The van der Waals surface area contributed by atoms with Crippen molar-refractivity contribution in [3.63, 3.8) is 0 Å². The van der Waals surface area contributed by atoms with E-state index in [4.69, 9.17) is 0 Å². The van der Waals surface area contributed by atoms with Gasteiger partial charge >= 0.3 is 6.11 Å². The smallest absolute Gasteiger partial charge is 0.428 e. The fourth-order valence-corrected chi connectivity index (χ4v) is 2.29. The minimum atomic E-state index is -4.13. The number of ether oxygens (including phenoxy) is 1. The first-order valence-corrected chi connectivity index (χ1v) is 11.0. The lowest BCUT2D eigenvalue weighted by atomic mass is 10.0. The summed E-state index contributed by atoms with van der Waals surface area (Å²) in [6.07, 6.45) is 0.903. The Balaban J connectivity index is 5.43. The molecule has 0 N–H and O–H groups in total. The standard InChI is InChI=1S/C32H29F7O/c1-18(2)14-30(36)26(10)32(38,39)40-23(7)13-12-19(3)20(4)15-28(34)24(8)21(5)16-29(35)25(9)22(6)17-31(37)27(11)33/h12-17H,1,3-11H2,2H3/b13-12-,28-15+,29-16+,30-14+,31-17+. The monoisotopic (exact) mass is 562 g/mol. The van der Waals surface area contributed by atoms with Crippen molar-refractivity contribution in [1.82, 2.24) is 0 Å². The Hall–Kier alpha value is -4.59. The van der Waals surface area contributed by atoms with E-state index >= 15 is 0 Å². The average Bonchev–Trinajstić information content (AvgIpc) is 2.84. The number of allylic oxidation sites excluding steroid dienone is 17. The molecule has 1 nitrogen and oxygen atoms in total. The number of hydrogen-bond donors (Lipinski definition) is 0. The van der Waals surface area contributed by atoms with Crippen molar-refractivity contribution in [1.29, 1.82) is 0 Å². The summed E-state index contributed by atoms with van der Waals surface area (Å²) < 4.78 is 102. The Bertz CT molecular complexity index is 1350. The highest BCUT2D eigenvalue weighted by Gasteiger charge is 2.38. The molecule has 0 aromatic carbocycles. The molecule has 0 unspecified atom stereocenters. The molecule has 0 aromatic rings. The normalized spacial score (nSPS) is 13.0. The molecule has 0 aliphatic rings. The van der Waals surface area contributed by atoms with Crippen molar-refractivity contribution < 1.29 is 35.5 Å². The van der Waals surface area contributed by atoms with Gasteiger partial charge in [0, 0.05) is 11.1 Å². The molecule has 0 atom stereocenters. The van der Waals surface area contributed by atoms with Crippen LogP contribution < -0.4 is 0 Å². The van der Waals surface area contributed by atoms with Crippen LogP contribution in [-0.4, -0.2) is 6.11 Å². The van der Waals surface area contributed by atoms with Crippen molar-refractivity contribution in [2.75, 3.05) is 0 Å². The average molecular weight is 563 g/mol. The number of alkyl halides is 2. The van der Waals surface area contributed by atoms with Crippen LogP contribution in [0.2, 0.25) is 0 Å². The predicted octanol–water partition coefficient (Wildman–Crippen LogP) is 11.0. The van der Waals surface area contributed by atoms with Gasteiger partial charge < -0.3 is 4.74 Å².